The van der Waals surface area contributed by atoms with Crippen molar-refractivity contribution in [2.75, 3.05) is 7.11 Å². The van der Waals surface area contributed by atoms with Crippen LogP contribution in [0.15, 0.2) is 59.1 Å². The number of hydrogen-bond donors (Lipinski definition) is 1. The topological polar surface area (TPSA) is 46.5 Å². The molecule has 1 atom stereocenters. The maximum absolute atomic E-state index is 12.1. The van der Waals surface area contributed by atoms with Crippen molar-refractivity contribution >= 4 is 21.9 Å². The summed E-state index contributed by atoms with van der Waals surface area (Å²) < 4.78 is 5.41. The molecular weight excluding hydrogens is 308 g/mol. The van der Waals surface area contributed by atoms with Gasteiger partial charge in [0.05, 0.1) is 7.11 Å². The van der Waals surface area contributed by atoms with E-state index in [9.17, 15) is 9.90 Å². The molecule has 1 N–H and O–H groups in total. The summed E-state index contributed by atoms with van der Waals surface area (Å²) in [5.41, 5.74) is -0.905. The second-order valence-electron chi connectivity index (χ2n) is 4.05. The predicted octanol–water partition coefficient (Wildman–Crippen LogP) is 2.86. The normalized spacial score (nSPS) is 13.6. The van der Waals surface area contributed by atoms with E-state index in [1.54, 1.807) is 42.5 Å². The van der Waals surface area contributed by atoms with Crippen LogP contribution in [0.2, 0.25) is 0 Å². The van der Waals surface area contributed by atoms with E-state index in [1.807, 2.05) is 12.1 Å². The fourth-order valence-corrected chi connectivity index (χ4v) is 2.54. The summed E-state index contributed by atoms with van der Waals surface area (Å²) in [6, 6.07) is 15.8. The Morgan fingerprint density at radius 2 is 1.68 bits per heavy atom. The molecule has 0 saturated heterocycles. The third kappa shape index (κ3) is 2.41. The Kier molecular flexibility index (Phi) is 4.02. The number of carbonyl (C=O) groups excluding carboxylic acids is 1. The summed E-state index contributed by atoms with van der Waals surface area (Å²) in [6.45, 7) is 0. The van der Waals surface area contributed by atoms with E-state index in [1.165, 1.54) is 7.11 Å². The van der Waals surface area contributed by atoms with Crippen LogP contribution in [0.25, 0.3) is 0 Å². The summed E-state index contributed by atoms with van der Waals surface area (Å²) >= 11 is 3.36. The van der Waals surface area contributed by atoms with Crippen LogP contribution in [-0.4, -0.2) is 18.2 Å². The highest BCUT2D eigenvalue weighted by Crippen LogP contribution is 2.35. The van der Waals surface area contributed by atoms with Crippen LogP contribution in [0.1, 0.15) is 11.1 Å². The first kappa shape index (κ1) is 13.8. The van der Waals surface area contributed by atoms with Gasteiger partial charge in [-0.2, -0.15) is 0 Å². The Balaban J connectivity index is 2.66. The zero-order chi connectivity index (χ0) is 13.9. The molecule has 1 unspecified atom stereocenters. The van der Waals surface area contributed by atoms with Crippen molar-refractivity contribution < 1.29 is 14.6 Å². The molecule has 2 aromatic carbocycles. The van der Waals surface area contributed by atoms with Gasteiger partial charge in [0.25, 0.3) is 0 Å². The van der Waals surface area contributed by atoms with Gasteiger partial charge in [-0.15, -0.1) is 0 Å². The van der Waals surface area contributed by atoms with Crippen LogP contribution in [0, 0.1) is 0 Å². The van der Waals surface area contributed by atoms with Gasteiger partial charge in [0, 0.05) is 10.0 Å². The van der Waals surface area contributed by atoms with Crippen molar-refractivity contribution in [3.63, 3.8) is 0 Å². The number of rotatable bonds is 3. The molecule has 4 heteroatoms. The third-order valence-electron chi connectivity index (χ3n) is 2.94. The minimum atomic E-state index is -1.82. The van der Waals surface area contributed by atoms with Crippen LogP contribution in [0.5, 0.6) is 0 Å². The van der Waals surface area contributed by atoms with Crippen molar-refractivity contribution in [2.45, 2.75) is 5.60 Å². The first-order valence-electron chi connectivity index (χ1n) is 5.72. The average molecular weight is 321 g/mol. The second kappa shape index (κ2) is 5.55. The van der Waals surface area contributed by atoms with Crippen LogP contribution in [-0.2, 0) is 15.1 Å². The molecule has 0 amide bonds. The molecule has 0 bridgehead atoms. The molecule has 0 aliphatic rings. The fraction of sp³-hybridized carbons (Fsp3) is 0.133. The third-order valence-corrected chi connectivity index (χ3v) is 3.63. The highest BCUT2D eigenvalue weighted by atomic mass is 79.9. The van der Waals surface area contributed by atoms with E-state index in [0.717, 1.165) is 0 Å². The molecule has 0 aliphatic heterocycles. The van der Waals surface area contributed by atoms with Gasteiger partial charge >= 0.3 is 5.97 Å². The van der Waals surface area contributed by atoms with Crippen molar-refractivity contribution in [1.82, 2.24) is 0 Å². The van der Waals surface area contributed by atoms with Crippen molar-refractivity contribution in [3.8, 4) is 0 Å². The van der Waals surface area contributed by atoms with E-state index in [4.69, 9.17) is 4.74 Å². The van der Waals surface area contributed by atoms with E-state index in [0.29, 0.717) is 15.6 Å². The molecule has 0 aliphatic carbocycles. The fourth-order valence-electron chi connectivity index (χ4n) is 1.96. The molecule has 0 saturated carbocycles. The second-order valence-corrected chi connectivity index (χ2v) is 4.90. The zero-order valence-corrected chi connectivity index (χ0v) is 11.9. The van der Waals surface area contributed by atoms with E-state index in [-0.39, 0.29) is 0 Å². The molecule has 0 spiro atoms. The van der Waals surface area contributed by atoms with Gasteiger partial charge in [0.1, 0.15) is 0 Å². The minimum absolute atomic E-state index is 0.452. The molecule has 19 heavy (non-hydrogen) atoms. The lowest BCUT2D eigenvalue weighted by molar-refractivity contribution is -0.159. The summed E-state index contributed by atoms with van der Waals surface area (Å²) in [5, 5.41) is 10.9. The zero-order valence-electron chi connectivity index (χ0n) is 10.3. The average Bonchev–Trinajstić information content (AvgIpc) is 2.47. The number of carbonyl (C=O) groups is 1. The summed E-state index contributed by atoms with van der Waals surface area (Å²) in [5.74, 6) is -0.717. The van der Waals surface area contributed by atoms with Gasteiger partial charge in [-0.3, -0.25) is 0 Å². The predicted molar refractivity (Wildman–Crippen MR) is 75.6 cm³/mol. The number of hydrogen-bond acceptors (Lipinski definition) is 3. The Hall–Kier alpha value is -1.65. The molecule has 2 rings (SSSR count). The minimum Gasteiger partial charge on any atom is -0.466 e. The number of halogens is 1. The largest absolute Gasteiger partial charge is 0.466 e. The Morgan fingerprint density at radius 1 is 1.11 bits per heavy atom. The molecule has 0 fully saturated rings. The quantitative estimate of drug-likeness (QED) is 0.884. The molecule has 2 aromatic rings. The first-order valence-corrected chi connectivity index (χ1v) is 6.51. The molecule has 0 aromatic heterocycles. The Bertz CT molecular complexity index is 583. The smallest absolute Gasteiger partial charge is 0.347 e. The van der Waals surface area contributed by atoms with Gasteiger partial charge in [-0.25, -0.2) is 4.79 Å². The SMILES string of the molecule is COC(=O)C(O)(c1ccccc1)c1ccccc1Br. The lowest BCUT2D eigenvalue weighted by Gasteiger charge is -2.27. The van der Waals surface area contributed by atoms with Crippen molar-refractivity contribution in [3.05, 3.63) is 70.2 Å². The number of aliphatic hydroxyl groups is 1. The van der Waals surface area contributed by atoms with E-state index < -0.39 is 11.6 Å². The molecule has 0 radical (unpaired) electrons. The van der Waals surface area contributed by atoms with Gasteiger partial charge in [0.15, 0.2) is 0 Å². The monoisotopic (exact) mass is 320 g/mol. The standard InChI is InChI=1S/C15H13BrO3/c1-19-14(17)15(18,11-7-3-2-4-8-11)12-9-5-6-10-13(12)16/h2-10,18H,1H3. The number of ether oxygens (including phenoxy) is 1. The Morgan fingerprint density at radius 3 is 2.26 bits per heavy atom. The summed E-state index contributed by atoms with van der Waals surface area (Å²) in [4.78, 5) is 12.1. The number of methoxy groups -OCH3 is 1. The van der Waals surface area contributed by atoms with Gasteiger partial charge in [0.2, 0.25) is 5.60 Å². The number of benzene rings is 2. The molecule has 3 nitrogen and oxygen atoms in total. The highest BCUT2D eigenvalue weighted by molar-refractivity contribution is 9.10. The Labute approximate surface area is 120 Å². The molecule has 98 valence electrons. The lowest BCUT2D eigenvalue weighted by atomic mass is 9.86. The van der Waals surface area contributed by atoms with Crippen LogP contribution >= 0.6 is 15.9 Å². The molecule has 0 heterocycles. The van der Waals surface area contributed by atoms with E-state index in [2.05, 4.69) is 15.9 Å². The molecular formula is C15H13BrO3. The maximum atomic E-state index is 12.1. The van der Waals surface area contributed by atoms with Crippen molar-refractivity contribution in [2.24, 2.45) is 0 Å². The highest BCUT2D eigenvalue weighted by Gasteiger charge is 2.42. The summed E-state index contributed by atoms with van der Waals surface area (Å²) in [6.07, 6.45) is 0. The van der Waals surface area contributed by atoms with Crippen LogP contribution in [0.4, 0.5) is 0 Å². The van der Waals surface area contributed by atoms with Crippen molar-refractivity contribution in [1.29, 1.82) is 0 Å². The maximum Gasteiger partial charge on any atom is 0.347 e. The summed E-state index contributed by atoms with van der Waals surface area (Å²) in [7, 11) is 1.26. The van der Waals surface area contributed by atoms with Gasteiger partial charge < -0.3 is 9.84 Å². The van der Waals surface area contributed by atoms with Gasteiger partial charge in [-0.1, -0.05) is 64.5 Å². The van der Waals surface area contributed by atoms with E-state index >= 15 is 0 Å². The van der Waals surface area contributed by atoms with Crippen LogP contribution in [0.3, 0.4) is 0 Å². The lowest BCUT2D eigenvalue weighted by Crippen LogP contribution is -2.38. The van der Waals surface area contributed by atoms with Crippen LogP contribution < -0.4 is 0 Å². The van der Waals surface area contributed by atoms with Gasteiger partial charge in [-0.05, 0) is 11.6 Å². The number of esters is 1. The first-order chi connectivity index (χ1) is 9.10.